The predicted molar refractivity (Wildman–Crippen MR) is 64.1 cm³/mol. The van der Waals surface area contributed by atoms with Crippen LogP contribution >= 0.6 is 31.9 Å². The summed E-state index contributed by atoms with van der Waals surface area (Å²) < 4.78 is 1.61. The van der Waals surface area contributed by atoms with E-state index in [1.54, 1.807) is 12.1 Å². The minimum absolute atomic E-state index is 0.0426. The first-order chi connectivity index (χ1) is 7.13. The molecule has 0 fully saturated rings. The first-order valence-electron chi connectivity index (χ1n) is 3.95. The van der Waals surface area contributed by atoms with Crippen molar-refractivity contribution in [3.05, 3.63) is 32.7 Å². The zero-order valence-corrected chi connectivity index (χ0v) is 10.8. The van der Waals surface area contributed by atoms with E-state index in [9.17, 15) is 4.79 Å². The average molecular weight is 333 g/mol. The van der Waals surface area contributed by atoms with Crippen molar-refractivity contribution in [1.29, 1.82) is 0 Å². The van der Waals surface area contributed by atoms with Crippen molar-refractivity contribution < 1.29 is 9.63 Å². The van der Waals surface area contributed by atoms with Crippen molar-refractivity contribution in [3.8, 4) is 12.3 Å². The summed E-state index contributed by atoms with van der Waals surface area (Å²) in [6, 6.07) is 5.19. The lowest BCUT2D eigenvalue weighted by Crippen LogP contribution is -2.23. The van der Waals surface area contributed by atoms with E-state index in [4.69, 9.17) is 11.3 Å². The second kappa shape index (κ2) is 5.91. The summed E-state index contributed by atoms with van der Waals surface area (Å²) in [5.74, 6) is 1.90. The Balaban J connectivity index is 2.70. The highest BCUT2D eigenvalue weighted by molar-refractivity contribution is 9.11. The molecular weight excluding hydrogens is 326 g/mol. The van der Waals surface area contributed by atoms with Gasteiger partial charge in [-0.3, -0.25) is 9.63 Å². The van der Waals surface area contributed by atoms with Crippen molar-refractivity contribution in [3.63, 3.8) is 0 Å². The molecule has 1 amide bonds. The van der Waals surface area contributed by atoms with E-state index in [0.717, 1.165) is 8.95 Å². The zero-order chi connectivity index (χ0) is 11.3. The second-order valence-electron chi connectivity index (χ2n) is 2.58. The molecule has 15 heavy (non-hydrogen) atoms. The lowest BCUT2D eigenvalue weighted by atomic mass is 10.2. The maximum atomic E-state index is 11.5. The highest BCUT2D eigenvalue weighted by Crippen LogP contribution is 2.19. The summed E-state index contributed by atoms with van der Waals surface area (Å²) in [5.41, 5.74) is 2.71. The van der Waals surface area contributed by atoms with Crippen LogP contribution in [-0.2, 0) is 4.84 Å². The van der Waals surface area contributed by atoms with Crippen LogP contribution in [0.3, 0.4) is 0 Å². The van der Waals surface area contributed by atoms with Crippen molar-refractivity contribution in [2.45, 2.75) is 0 Å². The molecule has 3 nitrogen and oxygen atoms in total. The molecule has 0 spiro atoms. The smallest absolute Gasteiger partial charge is 0.267 e. The van der Waals surface area contributed by atoms with Gasteiger partial charge in [-0.1, -0.05) is 37.8 Å². The van der Waals surface area contributed by atoms with Gasteiger partial charge in [-0.2, -0.15) is 0 Å². The van der Waals surface area contributed by atoms with Gasteiger partial charge in [-0.15, -0.1) is 6.42 Å². The van der Waals surface area contributed by atoms with Crippen LogP contribution in [0.4, 0.5) is 0 Å². The maximum Gasteiger partial charge on any atom is 0.274 e. The van der Waals surface area contributed by atoms with E-state index in [1.165, 1.54) is 0 Å². The molecule has 1 rings (SSSR count). The highest BCUT2D eigenvalue weighted by atomic mass is 79.9. The number of carbonyl (C=O) groups excluding carboxylic acids is 1. The summed E-state index contributed by atoms with van der Waals surface area (Å²) in [5, 5.41) is 0. The summed E-state index contributed by atoms with van der Waals surface area (Å²) in [4.78, 5) is 16.2. The molecular formula is C10H7Br2NO2. The summed E-state index contributed by atoms with van der Waals surface area (Å²) in [6.07, 6.45) is 4.96. The van der Waals surface area contributed by atoms with E-state index < -0.39 is 0 Å². The molecule has 1 aromatic carbocycles. The SMILES string of the molecule is C#CCONC(=O)c1cc(Br)cc(Br)c1. The Kier molecular flexibility index (Phi) is 4.82. The third-order valence-electron chi connectivity index (χ3n) is 1.45. The van der Waals surface area contributed by atoms with E-state index in [0.29, 0.717) is 5.56 Å². The normalized spacial score (nSPS) is 9.40. The van der Waals surface area contributed by atoms with E-state index in [2.05, 4.69) is 43.3 Å². The highest BCUT2D eigenvalue weighted by Gasteiger charge is 2.06. The number of hydrogen-bond donors (Lipinski definition) is 1. The van der Waals surface area contributed by atoms with Gasteiger partial charge in [-0.05, 0) is 18.2 Å². The quantitative estimate of drug-likeness (QED) is 0.524. The minimum Gasteiger partial charge on any atom is -0.267 e. The van der Waals surface area contributed by atoms with Crippen LogP contribution in [0.15, 0.2) is 27.1 Å². The molecule has 0 saturated heterocycles. The van der Waals surface area contributed by atoms with Crippen LogP contribution in [0.1, 0.15) is 10.4 Å². The summed E-state index contributed by atoms with van der Waals surface area (Å²) in [6.45, 7) is 0.0426. The Morgan fingerprint density at radius 3 is 2.53 bits per heavy atom. The minimum atomic E-state index is -0.341. The fourth-order valence-electron chi connectivity index (χ4n) is 0.887. The number of hydrogen-bond acceptors (Lipinski definition) is 2. The molecule has 5 heteroatoms. The van der Waals surface area contributed by atoms with Gasteiger partial charge in [0, 0.05) is 14.5 Å². The van der Waals surface area contributed by atoms with Crippen molar-refractivity contribution in [2.24, 2.45) is 0 Å². The monoisotopic (exact) mass is 331 g/mol. The number of benzene rings is 1. The molecule has 0 aromatic heterocycles. The fraction of sp³-hybridized carbons (Fsp3) is 0.100. The number of nitrogens with one attached hydrogen (secondary N) is 1. The van der Waals surface area contributed by atoms with Crippen molar-refractivity contribution >= 4 is 37.8 Å². The first-order valence-corrected chi connectivity index (χ1v) is 5.54. The van der Waals surface area contributed by atoms with Crippen LogP contribution in [0.2, 0.25) is 0 Å². The molecule has 0 unspecified atom stereocenters. The van der Waals surface area contributed by atoms with Crippen LogP contribution < -0.4 is 5.48 Å². The largest absolute Gasteiger partial charge is 0.274 e. The average Bonchev–Trinajstić information content (AvgIpc) is 2.16. The molecule has 78 valence electrons. The molecule has 0 aliphatic heterocycles. The molecule has 0 heterocycles. The van der Waals surface area contributed by atoms with Crippen LogP contribution in [0, 0.1) is 12.3 Å². The molecule has 0 saturated carbocycles. The number of terminal acetylenes is 1. The molecule has 1 aromatic rings. The van der Waals surface area contributed by atoms with Gasteiger partial charge in [0.15, 0.2) is 0 Å². The van der Waals surface area contributed by atoms with Gasteiger partial charge in [0.25, 0.3) is 5.91 Å². The third kappa shape index (κ3) is 4.04. The standard InChI is InChI=1S/C10H7Br2NO2/c1-2-3-15-13-10(14)7-4-8(11)6-9(12)5-7/h1,4-6H,3H2,(H,13,14). The molecule has 1 N–H and O–H groups in total. The van der Waals surface area contributed by atoms with Gasteiger partial charge in [0.2, 0.25) is 0 Å². The van der Waals surface area contributed by atoms with E-state index in [-0.39, 0.29) is 12.5 Å². The number of rotatable bonds is 3. The number of carbonyl (C=O) groups is 1. The molecule has 0 bridgehead atoms. The Bertz CT molecular complexity index is 392. The Morgan fingerprint density at radius 1 is 1.40 bits per heavy atom. The lowest BCUT2D eigenvalue weighted by Gasteiger charge is -2.04. The topological polar surface area (TPSA) is 38.3 Å². The van der Waals surface area contributed by atoms with Crippen LogP contribution in [-0.4, -0.2) is 12.5 Å². The predicted octanol–water partition coefficient (Wildman–Crippen LogP) is 2.51. The first kappa shape index (κ1) is 12.2. The Labute approximate surface area is 104 Å². The number of amides is 1. The van der Waals surface area contributed by atoms with Crippen LogP contribution in [0.25, 0.3) is 0 Å². The van der Waals surface area contributed by atoms with Crippen molar-refractivity contribution in [2.75, 3.05) is 6.61 Å². The van der Waals surface area contributed by atoms with E-state index >= 15 is 0 Å². The van der Waals surface area contributed by atoms with Gasteiger partial charge in [0.05, 0.1) is 0 Å². The third-order valence-corrected chi connectivity index (χ3v) is 2.36. The summed E-state index contributed by atoms with van der Waals surface area (Å²) >= 11 is 6.56. The Hall–Kier alpha value is -0.830. The van der Waals surface area contributed by atoms with Gasteiger partial charge in [-0.25, -0.2) is 5.48 Å². The van der Waals surface area contributed by atoms with Gasteiger partial charge < -0.3 is 0 Å². The number of halogens is 2. The zero-order valence-electron chi connectivity index (χ0n) is 7.59. The fourth-order valence-corrected chi connectivity index (χ4v) is 2.18. The lowest BCUT2D eigenvalue weighted by molar-refractivity contribution is 0.0438. The second-order valence-corrected chi connectivity index (χ2v) is 4.41. The molecule has 0 aliphatic carbocycles. The molecule has 0 atom stereocenters. The van der Waals surface area contributed by atoms with E-state index in [1.807, 2.05) is 6.07 Å². The molecule has 0 radical (unpaired) electrons. The van der Waals surface area contributed by atoms with Crippen molar-refractivity contribution in [1.82, 2.24) is 5.48 Å². The number of hydroxylamine groups is 1. The van der Waals surface area contributed by atoms with Gasteiger partial charge >= 0.3 is 0 Å². The molecule has 0 aliphatic rings. The summed E-state index contributed by atoms with van der Waals surface area (Å²) in [7, 11) is 0. The van der Waals surface area contributed by atoms with Crippen LogP contribution in [0.5, 0.6) is 0 Å². The van der Waals surface area contributed by atoms with Gasteiger partial charge in [0.1, 0.15) is 6.61 Å². The Morgan fingerprint density at radius 2 is 2.00 bits per heavy atom. The maximum absolute atomic E-state index is 11.5.